The van der Waals surface area contributed by atoms with Gasteiger partial charge in [0.1, 0.15) is 11.4 Å². The highest BCUT2D eigenvalue weighted by molar-refractivity contribution is 5.74. The Morgan fingerprint density at radius 3 is 2.32 bits per heavy atom. The zero-order valence-corrected chi connectivity index (χ0v) is 18.1. The van der Waals surface area contributed by atoms with Crippen LogP contribution >= 0.6 is 0 Å². The second kappa shape index (κ2) is 8.66. The van der Waals surface area contributed by atoms with Gasteiger partial charge in [-0.15, -0.1) is 0 Å². The zero-order valence-electron chi connectivity index (χ0n) is 18.1. The summed E-state index contributed by atoms with van der Waals surface area (Å²) in [6, 6.07) is 0. The van der Waals surface area contributed by atoms with E-state index in [0.717, 1.165) is 43.4 Å². The second-order valence-corrected chi connectivity index (χ2v) is 10.2. The first kappa shape index (κ1) is 22.4. The Morgan fingerprint density at radius 2 is 1.82 bits per heavy atom. The quantitative estimate of drug-likeness (QED) is 0.579. The molecule has 6 nitrogen and oxygen atoms in total. The Morgan fingerprint density at radius 1 is 1.18 bits per heavy atom. The van der Waals surface area contributed by atoms with Gasteiger partial charge in [-0.25, -0.2) is 0 Å². The molecule has 2 rings (SSSR count). The smallest absolute Gasteiger partial charge is 0.307 e. The molecule has 158 valence electrons. The maximum atomic E-state index is 12.3. The second-order valence-electron chi connectivity index (χ2n) is 10.2. The number of carboxylic acid groups (broad SMARTS) is 1. The summed E-state index contributed by atoms with van der Waals surface area (Å²) in [7, 11) is 0. The Kier molecular flexibility index (Phi) is 6.94. The van der Waals surface area contributed by atoms with Crippen LogP contribution in [-0.2, 0) is 20.7 Å². The third-order valence-corrected chi connectivity index (χ3v) is 4.79. The van der Waals surface area contributed by atoms with E-state index in [1.165, 1.54) is 0 Å². The van der Waals surface area contributed by atoms with Crippen LogP contribution in [0.3, 0.4) is 0 Å². The molecule has 6 heteroatoms. The number of hydrogen-bond donors (Lipinski definition) is 1. The van der Waals surface area contributed by atoms with Gasteiger partial charge >= 0.3 is 11.9 Å². The number of esters is 1. The number of carbonyl (C=O) groups excluding carboxylic acids is 1. The molecule has 1 aliphatic carbocycles. The molecule has 0 aromatic carbocycles. The summed E-state index contributed by atoms with van der Waals surface area (Å²) >= 11 is 0. The highest BCUT2D eigenvalue weighted by Gasteiger charge is 2.36. The summed E-state index contributed by atoms with van der Waals surface area (Å²) in [5.74, 6) is -0.643. The molecule has 1 fully saturated rings. The van der Waals surface area contributed by atoms with E-state index < -0.39 is 23.5 Å². The predicted molar refractivity (Wildman–Crippen MR) is 106 cm³/mol. The number of rotatable bonds is 9. The van der Waals surface area contributed by atoms with E-state index in [1.54, 1.807) is 20.8 Å². The number of nitrogens with zero attached hydrogens (tertiary/aromatic N) is 1. The van der Waals surface area contributed by atoms with Crippen molar-refractivity contribution in [3.8, 4) is 0 Å². The van der Waals surface area contributed by atoms with Gasteiger partial charge in [-0.2, -0.15) is 0 Å². The Hall–Kier alpha value is -1.85. The number of ether oxygens (including phenoxy) is 1. The van der Waals surface area contributed by atoms with Crippen molar-refractivity contribution in [1.29, 1.82) is 0 Å². The molecule has 1 saturated carbocycles. The number of hydrogen-bond acceptors (Lipinski definition) is 5. The molecule has 1 N–H and O–H groups in total. The summed E-state index contributed by atoms with van der Waals surface area (Å²) in [6.45, 7) is 12.0. The van der Waals surface area contributed by atoms with Gasteiger partial charge in [-0.3, -0.25) is 9.59 Å². The van der Waals surface area contributed by atoms with Gasteiger partial charge in [-0.05, 0) is 57.8 Å². The average molecular weight is 394 g/mol. The lowest BCUT2D eigenvalue weighted by Gasteiger charge is -2.21. The number of aliphatic carboxylic acids is 1. The van der Waals surface area contributed by atoms with Gasteiger partial charge in [0.25, 0.3) is 0 Å². The zero-order chi connectivity index (χ0) is 21.1. The highest BCUT2D eigenvalue weighted by Crippen LogP contribution is 2.46. The Balaban J connectivity index is 2.20. The van der Waals surface area contributed by atoms with Crippen molar-refractivity contribution in [2.75, 3.05) is 0 Å². The molecule has 1 aromatic rings. The average Bonchev–Trinajstić information content (AvgIpc) is 3.23. The monoisotopic (exact) mass is 393 g/mol. The summed E-state index contributed by atoms with van der Waals surface area (Å²) in [6.07, 6.45) is 4.82. The molecule has 0 spiro atoms. The molecule has 1 aliphatic rings. The van der Waals surface area contributed by atoms with Gasteiger partial charge < -0.3 is 14.4 Å². The van der Waals surface area contributed by atoms with E-state index in [9.17, 15) is 14.7 Å². The van der Waals surface area contributed by atoms with Crippen molar-refractivity contribution in [3.63, 3.8) is 0 Å². The number of aromatic nitrogens is 1. The third-order valence-electron chi connectivity index (χ3n) is 4.79. The fourth-order valence-electron chi connectivity index (χ4n) is 3.47. The number of carbonyl (C=O) groups is 2. The van der Waals surface area contributed by atoms with Crippen LogP contribution in [0, 0.1) is 5.41 Å². The summed E-state index contributed by atoms with van der Waals surface area (Å²) in [4.78, 5) is 23.8. The van der Waals surface area contributed by atoms with Crippen LogP contribution in [0.25, 0.3) is 0 Å². The Bertz CT molecular complexity index is 689. The van der Waals surface area contributed by atoms with Gasteiger partial charge in [0.05, 0.1) is 18.5 Å². The molecule has 0 bridgehead atoms. The fraction of sp³-hybridized carbons (Fsp3) is 0.773. The Labute approximate surface area is 168 Å². The number of carboxylic acids is 1. The van der Waals surface area contributed by atoms with Crippen LogP contribution in [-0.4, -0.2) is 27.8 Å². The van der Waals surface area contributed by atoms with Gasteiger partial charge in [0, 0.05) is 17.9 Å². The topological polar surface area (TPSA) is 89.6 Å². The minimum atomic E-state index is -0.951. The van der Waals surface area contributed by atoms with Crippen molar-refractivity contribution in [1.82, 2.24) is 5.16 Å². The van der Waals surface area contributed by atoms with E-state index in [0.29, 0.717) is 11.6 Å². The molecule has 1 atom stereocenters. The van der Waals surface area contributed by atoms with Crippen LogP contribution in [0.1, 0.15) is 109 Å². The molecule has 0 radical (unpaired) electrons. The SMILES string of the molecule is CC(C)(C)CCCc1onc(C(CC(=O)O)CC(=O)OC(C)(C)C)c1C1CC1. The van der Waals surface area contributed by atoms with Crippen LogP contribution in [0.4, 0.5) is 0 Å². The molecule has 0 amide bonds. The van der Waals surface area contributed by atoms with E-state index >= 15 is 0 Å². The van der Waals surface area contributed by atoms with E-state index in [-0.39, 0.29) is 18.3 Å². The van der Waals surface area contributed by atoms with Crippen molar-refractivity contribution < 1.29 is 24.0 Å². The summed E-state index contributed by atoms with van der Waals surface area (Å²) in [5, 5.41) is 13.6. The predicted octanol–water partition coefficient (Wildman–Crippen LogP) is 5.21. The molecular formula is C22H35NO5. The molecule has 1 aromatic heterocycles. The lowest BCUT2D eigenvalue weighted by Crippen LogP contribution is -2.25. The van der Waals surface area contributed by atoms with Crippen molar-refractivity contribution >= 4 is 11.9 Å². The maximum absolute atomic E-state index is 12.3. The van der Waals surface area contributed by atoms with E-state index in [1.807, 2.05) is 0 Å². The largest absolute Gasteiger partial charge is 0.481 e. The number of aryl methyl sites for hydroxylation is 1. The molecule has 1 unspecified atom stereocenters. The van der Waals surface area contributed by atoms with Crippen molar-refractivity contribution in [3.05, 3.63) is 17.0 Å². The molecule has 28 heavy (non-hydrogen) atoms. The van der Waals surface area contributed by atoms with E-state index in [2.05, 4.69) is 25.9 Å². The first-order chi connectivity index (χ1) is 12.9. The van der Waals surface area contributed by atoms with Crippen LogP contribution in [0.2, 0.25) is 0 Å². The van der Waals surface area contributed by atoms with E-state index in [4.69, 9.17) is 9.26 Å². The standard InChI is InChI=1S/C22H35NO5/c1-21(2,3)11-7-8-16-19(14-9-10-14)20(23-28-16)15(12-17(24)25)13-18(26)27-22(4,5)6/h14-15H,7-13H2,1-6H3,(H,24,25). The molecule has 1 heterocycles. The lowest BCUT2D eigenvalue weighted by molar-refractivity contribution is -0.155. The van der Waals surface area contributed by atoms with Crippen LogP contribution in [0.15, 0.2) is 4.52 Å². The minimum absolute atomic E-state index is 0.00272. The van der Waals surface area contributed by atoms with Crippen molar-refractivity contribution in [2.24, 2.45) is 5.41 Å². The summed E-state index contributed by atoms with van der Waals surface area (Å²) < 4.78 is 11.1. The first-order valence-corrected chi connectivity index (χ1v) is 10.3. The molecule has 0 saturated heterocycles. The van der Waals surface area contributed by atoms with Crippen LogP contribution in [0.5, 0.6) is 0 Å². The highest BCUT2D eigenvalue weighted by atomic mass is 16.6. The van der Waals surface area contributed by atoms with Crippen molar-refractivity contribution in [2.45, 2.75) is 104 Å². The molecule has 0 aliphatic heterocycles. The summed E-state index contributed by atoms with van der Waals surface area (Å²) in [5.41, 5.74) is 1.34. The lowest BCUT2D eigenvalue weighted by atomic mass is 9.88. The normalized spacial score (nSPS) is 16.1. The minimum Gasteiger partial charge on any atom is -0.481 e. The van der Waals surface area contributed by atoms with Crippen LogP contribution < -0.4 is 0 Å². The van der Waals surface area contributed by atoms with Gasteiger partial charge in [0.15, 0.2) is 0 Å². The van der Waals surface area contributed by atoms with Gasteiger partial charge in [0.2, 0.25) is 0 Å². The molecular weight excluding hydrogens is 358 g/mol. The van der Waals surface area contributed by atoms with Gasteiger partial charge in [-0.1, -0.05) is 25.9 Å². The fourth-order valence-corrected chi connectivity index (χ4v) is 3.47. The first-order valence-electron chi connectivity index (χ1n) is 10.3. The maximum Gasteiger partial charge on any atom is 0.307 e. The third kappa shape index (κ3) is 7.28.